The van der Waals surface area contributed by atoms with Gasteiger partial charge in [0, 0.05) is 25.1 Å². The molecular weight excluding hydrogens is 311 g/mol. The second-order valence-electron chi connectivity index (χ2n) is 6.18. The summed E-state index contributed by atoms with van der Waals surface area (Å²) in [5, 5.41) is 3.00. The number of benzene rings is 1. The van der Waals surface area contributed by atoms with Gasteiger partial charge in [-0.25, -0.2) is 4.39 Å². The minimum absolute atomic E-state index is 0.0985. The third kappa shape index (κ3) is 3.27. The van der Waals surface area contributed by atoms with Crippen molar-refractivity contribution in [2.75, 3.05) is 19.7 Å². The van der Waals surface area contributed by atoms with Crippen LogP contribution in [0.25, 0.3) is 0 Å². The van der Waals surface area contributed by atoms with E-state index in [1.54, 1.807) is 17.0 Å². The van der Waals surface area contributed by atoms with Crippen LogP contribution in [0.4, 0.5) is 4.39 Å². The number of carbonyl (C=O) groups excluding carboxylic acids is 2. The Morgan fingerprint density at radius 3 is 3.00 bits per heavy atom. The fourth-order valence-corrected chi connectivity index (χ4v) is 3.35. The normalized spacial score (nSPS) is 23.0. The van der Waals surface area contributed by atoms with E-state index in [2.05, 4.69) is 11.9 Å². The van der Waals surface area contributed by atoms with Crippen LogP contribution in [-0.2, 0) is 9.59 Å². The van der Waals surface area contributed by atoms with Crippen LogP contribution in [0.15, 0.2) is 30.9 Å². The van der Waals surface area contributed by atoms with E-state index < -0.39 is 5.82 Å². The Bertz CT molecular complexity index is 662. The van der Waals surface area contributed by atoms with Crippen molar-refractivity contribution in [3.05, 3.63) is 42.2 Å². The van der Waals surface area contributed by atoms with Gasteiger partial charge in [-0.15, -0.1) is 0 Å². The zero-order valence-corrected chi connectivity index (χ0v) is 13.5. The molecule has 0 saturated carbocycles. The molecule has 0 bridgehead atoms. The van der Waals surface area contributed by atoms with Crippen LogP contribution in [0.3, 0.4) is 0 Å². The van der Waals surface area contributed by atoms with Gasteiger partial charge in [-0.2, -0.15) is 0 Å². The number of nitrogens with zero attached hydrogens (tertiary/aromatic N) is 1. The highest BCUT2D eigenvalue weighted by Crippen LogP contribution is 2.34. The van der Waals surface area contributed by atoms with Crippen LogP contribution in [0.1, 0.15) is 30.9 Å². The van der Waals surface area contributed by atoms with Gasteiger partial charge >= 0.3 is 0 Å². The molecule has 0 aromatic heterocycles. The SMILES string of the molecule is C=CC(=O)N1CCCC(C(=O)N[C@H]2CCOc3c(F)cccc32)C1. The highest BCUT2D eigenvalue weighted by molar-refractivity contribution is 5.88. The predicted octanol–water partition coefficient (Wildman–Crippen LogP) is 2.19. The van der Waals surface area contributed by atoms with Gasteiger partial charge in [0.15, 0.2) is 11.6 Å². The standard InChI is InChI=1S/C18H21FN2O3/c1-2-16(22)21-9-4-5-12(11-21)18(23)20-15-8-10-24-17-13(15)6-3-7-14(17)19/h2-3,6-7,12,15H,1,4-5,8-11H2,(H,20,23)/t12?,15-/m0/s1. The van der Waals surface area contributed by atoms with Crippen LogP contribution < -0.4 is 10.1 Å². The molecule has 0 spiro atoms. The smallest absolute Gasteiger partial charge is 0.245 e. The molecule has 1 fully saturated rings. The second kappa shape index (κ2) is 7.03. The fourth-order valence-electron chi connectivity index (χ4n) is 3.35. The van der Waals surface area contributed by atoms with E-state index in [1.165, 1.54) is 12.1 Å². The number of likely N-dealkylation sites (tertiary alicyclic amines) is 1. The number of piperidine rings is 1. The topological polar surface area (TPSA) is 58.6 Å². The zero-order valence-electron chi connectivity index (χ0n) is 13.5. The Hall–Kier alpha value is -2.37. The van der Waals surface area contributed by atoms with E-state index in [0.29, 0.717) is 31.7 Å². The lowest BCUT2D eigenvalue weighted by atomic mass is 9.94. The summed E-state index contributed by atoms with van der Waals surface area (Å²) in [4.78, 5) is 26.0. The number of halogens is 1. The van der Waals surface area contributed by atoms with E-state index >= 15 is 0 Å². The minimum Gasteiger partial charge on any atom is -0.490 e. The maximum Gasteiger partial charge on any atom is 0.245 e. The Morgan fingerprint density at radius 2 is 2.21 bits per heavy atom. The van der Waals surface area contributed by atoms with E-state index in [-0.39, 0.29) is 29.5 Å². The molecule has 1 unspecified atom stereocenters. The summed E-state index contributed by atoms with van der Waals surface area (Å²) in [6.45, 7) is 4.91. The molecular formula is C18H21FN2O3. The number of para-hydroxylation sites is 1. The zero-order chi connectivity index (χ0) is 17.1. The molecule has 1 aromatic carbocycles. The first-order valence-corrected chi connectivity index (χ1v) is 8.23. The van der Waals surface area contributed by atoms with Crippen LogP contribution >= 0.6 is 0 Å². The number of nitrogens with one attached hydrogen (secondary N) is 1. The number of hydrogen-bond acceptors (Lipinski definition) is 3. The molecule has 6 heteroatoms. The van der Waals surface area contributed by atoms with Gasteiger partial charge in [0.05, 0.1) is 18.6 Å². The molecule has 2 amide bonds. The average molecular weight is 332 g/mol. The summed E-state index contributed by atoms with van der Waals surface area (Å²) in [5.74, 6) is -0.680. The first kappa shape index (κ1) is 16.5. The van der Waals surface area contributed by atoms with Crippen molar-refractivity contribution >= 4 is 11.8 Å². The molecule has 1 saturated heterocycles. The summed E-state index contributed by atoms with van der Waals surface area (Å²) in [5.41, 5.74) is 0.671. The van der Waals surface area contributed by atoms with Crippen molar-refractivity contribution in [1.82, 2.24) is 10.2 Å². The maximum atomic E-state index is 13.8. The quantitative estimate of drug-likeness (QED) is 0.863. The van der Waals surface area contributed by atoms with Gasteiger partial charge in [0.2, 0.25) is 11.8 Å². The third-order valence-corrected chi connectivity index (χ3v) is 4.62. The average Bonchev–Trinajstić information content (AvgIpc) is 2.62. The Morgan fingerprint density at radius 1 is 1.38 bits per heavy atom. The second-order valence-corrected chi connectivity index (χ2v) is 6.18. The van der Waals surface area contributed by atoms with Crippen LogP contribution in [0.2, 0.25) is 0 Å². The van der Waals surface area contributed by atoms with Crippen LogP contribution in [-0.4, -0.2) is 36.4 Å². The van der Waals surface area contributed by atoms with Gasteiger partial charge in [0.1, 0.15) is 0 Å². The molecule has 2 aliphatic rings. The van der Waals surface area contributed by atoms with Gasteiger partial charge in [0.25, 0.3) is 0 Å². The number of carbonyl (C=O) groups is 2. The maximum absolute atomic E-state index is 13.8. The molecule has 2 aliphatic heterocycles. The molecule has 1 N–H and O–H groups in total. The highest BCUT2D eigenvalue weighted by Gasteiger charge is 2.31. The number of rotatable bonds is 3. The Kier molecular flexibility index (Phi) is 4.83. The van der Waals surface area contributed by atoms with Crippen molar-refractivity contribution in [3.63, 3.8) is 0 Å². The molecule has 24 heavy (non-hydrogen) atoms. The number of ether oxygens (including phenoxy) is 1. The summed E-state index contributed by atoms with van der Waals surface area (Å²) in [6, 6.07) is 4.48. The van der Waals surface area contributed by atoms with Crippen LogP contribution in [0, 0.1) is 11.7 Å². The molecule has 5 nitrogen and oxygen atoms in total. The summed E-state index contributed by atoms with van der Waals surface area (Å²) >= 11 is 0. The highest BCUT2D eigenvalue weighted by atomic mass is 19.1. The minimum atomic E-state index is -0.410. The molecule has 0 radical (unpaired) electrons. The fraction of sp³-hybridized carbons (Fsp3) is 0.444. The molecule has 1 aromatic rings. The van der Waals surface area contributed by atoms with Crippen molar-refractivity contribution in [3.8, 4) is 5.75 Å². The first-order valence-electron chi connectivity index (χ1n) is 8.23. The first-order chi connectivity index (χ1) is 11.6. The predicted molar refractivity (Wildman–Crippen MR) is 86.9 cm³/mol. The summed E-state index contributed by atoms with van der Waals surface area (Å²) in [6.07, 6.45) is 3.41. The van der Waals surface area contributed by atoms with Crippen molar-refractivity contribution < 1.29 is 18.7 Å². The molecule has 2 heterocycles. The Balaban J connectivity index is 1.69. The molecule has 2 atom stereocenters. The number of amides is 2. The number of fused-ring (bicyclic) bond motifs is 1. The lowest BCUT2D eigenvalue weighted by molar-refractivity contribution is -0.132. The number of hydrogen-bond donors (Lipinski definition) is 1. The summed E-state index contributed by atoms with van der Waals surface area (Å²) < 4.78 is 19.2. The van der Waals surface area contributed by atoms with Gasteiger partial charge < -0.3 is 15.0 Å². The van der Waals surface area contributed by atoms with Gasteiger partial charge in [-0.3, -0.25) is 9.59 Å². The van der Waals surface area contributed by atoms with Gasteiger partial charge in [-0.1, -0.05) is 18.7 Å². The Labute approximate surface area is 140 Å². The lowest BCUT2D eigenvalue weighted by Gasteiger charge is -2.33. The molecule has 3 rings (SSSR count). The van der Waals surface area contributed by atoms with E-state index in [1.807, 2.05) is 0 Å². The van der Waals surface area contributed by atoms with E-state index in [0.717, 1.165) is 12.8 Å². The monoisotopic (exact) mass is 332 g/mol. The van der Waals surface area contributed by atoms with E-state index in [9.17, 15) is 14.0 Å². The molecule has 128 valence electrons. The van der Waals surface area contributed by atoms with Crippen molar-refractivity contribution in [2.45, 2.75) is 25.3 Å². The van der Waals surface area contributed by atoms with Gasteiger partial charge in [-0.05, 0) is 25.0 Å². The lowest BCUT2D eigenvalue weighted by Crippen LogP contribution is -2.46. The third-order valence-electron chi connectivity index (χ3n) is 4.62. The van der Waals surface area contributed by atoms with Crippen molar-refractivity contribution in [2.24, 2.45) is 5.92 Å². The van der Waals surface area contributed by atoms with Crippen molar-refractivity contribution in [1.29, 1.82) is 0 Å². The van der Waals surface area contributed by atoms with Crippen LogP contribution in [0.5, 0.6) is 5.75 Å². The molecule has 0 aliphatic carbocycles. The largest absolute Gasteiger partial charge is 0.490 e. The van der Waals surface area contributed by atoms with E-state index in [4.69, 9.17) is 4.74 Å². The summed E-state index contributed by atoms with van der Waals surface area (Å²) in [7, 11) is 0.